The molecule has 1 unspecified atom stereocenters. The quantitative estimate of drug-likeness (QED) is 0.518. The minimum absolute atomic E-state index is 0.0476. The number of aliphatic hydroxyl groups is 2. The van der Waals surface area contributed by atoms with Crippen molar-refractivity contribution in [2.45, 2.75) is 12.5 Å². The highest BCUT2D eigenvalue weighted by Crippen LogP contribution is 2.10. The van der Waals surface area contributed by atoms with Crippen LogP contribution in [0.2, 0.25) is 0 Å². The Balaban J connectivity index is 2.50. The molecule has 3 N–H and O–H groups in total. The van der Waals surface area contributed by atoms with Gasteiger partial charge in [-0.3, -0.25) is 0 Å². The third-order valence-corrected chi connectivity index (χ3v) is 1.18. The van der Waals surface area contributed by atoms with E-state index in [0.717, 1.165) is 0 Å². The molecule has 1 atom stereocenters. The van der Waals surface area contributed by atoms with Crippen LogP contribution in [0.15, 0.2) is 6.20 Å². The number of hydrogen-bond donors (Lipinski definition) is 3. The summed E-state index contributed by atoms with van der Waals surface area (Å²) in [5.41, 5.74) is 0.467. The highest BCUT2D eigenvalue weighted by Gasteiger charge is 2.08. The van der Waals surface area contributed by atoms with Crippen molar-refractivity contribution in [3.8, 4) is 0 Å². The molecule has 0 amide bonds. The van der Waals surface area contributed by atoms with Crippen LogP contribution in [0.5, 0.6) is 0 Å². The van der Waals surface area contributed by atoms with Crippen molar-refractivity contribution in [3.05, 3.63) is 11.9 Å². The van der Waals surface area contributed by atoms with Crippen molar-refractivity contribution in [1.29, 1.82) is 0 Å². The van der Waals surface area contributed by atoms with Crippen molar-refractivity contribution in [3.63, 3.8) is 0 Å². The minimum atomic E-state index is -0.705. The minimum Gasteiger partial charge on any atom is -0.396 e. The fourth-order valence-corrected chi connectivity index (χ4v) is 0.641. The lowest BCUT2D eigenvalue weighted by molar-refractivity contribution is 0.130. The molecule has 56 valence electrons. The van der Waals surface area contributed by atoms with E-state index in [-0.39, 0.29) is 6.61 Å². The Bertz CT molecular complexity index is 175. The number of rotatable bonds is 3. The number of aliphatic hydroxyl groups excluding tert-OH is 2. The molecule has 0 fully saturated rings. The second-order valence-corrected chi connectivity index (χ2v) is 1.92. The van der Waals surface area contributed by atoms with E-state index in [1.807, 2.05) is 0 Å². The first kappa shape index (κ1) is 7.17. The average molecular weight is 143 g/mol. The Labute approximate surface area is 57.7 Å². The van der Waals surface area contributed by atoms with Crippen molar-refractivity contribution in [2.75, 3.05) is 6.61 Å². The van der Waals surface area contributed by atoms with Gasteiger partial charge in [-0.1, -0.05) is 0 Å². The Hall–Kier alpha value is -0.940. The molecule has 5 nitrogen and oxygen atoms in total. The summed E-state index contributed by atoms with van der Waals surface area (Å²) in [6.45, 7) is -0.0476. The van der Waals surface area contributed by atoms with Gasteiger partial charge in [-0.2, -0.15) is 15.4 Å². The van der Waals surface area contributed by atoms with E-state index in [9.17, 15) is 0 Å². The van der Waals surface area contributed by atoms with E-state index in [1.165, 1.54) is 6.20 Å². The van der Waals surface area contributed by atoms with Crippen LogP contribution in [0.3, 0.4) is 0 Å². The lowest BCUT2D eigenvalue weighted by atomic mass is 10.2. The maximum Gasteiger partial charge on any atom is 0.111 e. The molecule has 0 saturated heterocycles. The summed E-state index contributed by atoms with van der Waals surface area (Å²) in [6.07, 6.45) is 1.02. The van der Waals surface area contributed by atoms with Crippen molar-refractivity contribution in [2.24, 2.45) is 0 Å². The zero-order chi connectivity index (χ0) is 7.40. The molecule has 0 aliphatic rings. The lowest BCUT2D eigenvalue weighted by Crippen LogP contribution is -2.00. The van der Waals surface area contributed by atoms with Gasteiger partial charge in [0.1, 0.15) is 11.8 Å². The van der Waals surface area contributed by atoms with Gasteiger partial charge in [0.05, 0.1) is 6.20 Å². The molecule has 0 aliphatic carbocycles. The molecule has 0 spiro atoms. The van der Waals surface area contributed by atoms with Crippen LogP contribution in [0.4, 0.5) is 0 Å². The van der Waals surface area contributed by atoms with E-state index in [1.54, 1.807) is 0 Å². The van der Waals surface area contributed by atoms with Gasteiger partial charge in [0, 0.05) is 13.0 Å². The van der Waals surface area contributed by atoms with Crippen LogP contribution >= 0.6 is 0 Å². The van der Waals surface area contributed by atoms with E-state index < -0.39 is 6.10 Å². The molecule has 0 aliphatic heterocycles. The third-order valence-electron chi connectivity index (χ3n) is 1.18. The van der Waals surface area contributed by atoms with Crippen LogP contribution in [-0.4, -0.2) is 32.2 Å². The SMILES string of the molecule is OCCC(O)c1cn[nH]n1. The molecule has 1 aromatic heterocycles. The zero-order valence-corrected chi connectivity index (χ0v) is 5.36. The van der Waals surface area contributed by atoms with Crippen LogP contribution < -0.4 is 0 Å². The molecule has 5 heteroatoms. The second kappa shape index (κ2) is 3.28. The van der Waals surface area contributed by atoms with Gasteiger partial charge in [0.15, 0.2) is 0 Å². The molecule has 0 bridgehead atoms. The first-order valence-corrected chi connectivity index (χ1v) is 2.99. The lowest BCUT2D eigenvalue weighted by Gasteiger charge is -2.01. The van der Waals surface area contributed by atoms with Crippen LogP contribution in [0.1, 0.15) is 18.2 Å². The van der Waals surface area contributed by atoms with Crippen molar-refractivity contribution in [1.82, 2.24) is 15.4 Å². The number of nitrogens with zero attached hydrogens (tertiary/aromatic N) is 2. The Morgan fingerprint density at radius 1 is 1.70 bits per heavy atom. The highest BCUT2D eigenvalue weighted by molar-refractivity contribution is 4.95. The molecule has 1 aromatic rings. The predicted octanol–water partition coefficient (Wildman–Crippen LogP) is -0.780. The summed E-state index contributed by atoms with van der Waals surface area (Å²) in [5, 5.41) is 27.1. The fraction of sp³-hybridized carbons (Fsp3) is 0.600. The summed E-state index contributed by atoms with van der Waals surface area (Å²) in [6, 6.07) is 0. The summed E-state index contributed by atoms with van der Waals surface area (Å²) >= 11 is 0. The highest BCUT2D eigenvalue weighted by atomic mass is 16.3. The van der Waals surface area contributed by atoms with Gasteiger partial charge in [-0.25, -0.2) is 0 Å². The van der Waals surface area contributed by atoms with E-state index >= 15 is 0 Å². The first-order valence-electron chi connectivity index (χ1n) is 2.99. The van der Waals surface area contributed by atoms with Crippen molar-refractivity contribution >= 4 is 0 Å². The summed E-state index contributed by atoms with van der Waals surface area (Å²) in [4.78, 5) is 0. The Kier molecular flexibility index (Phi) is 2.35. The second-order valence-electron chi connectivity index (χ2n) is 1.92. The first-order chi connectivity index (χ1) is 4.84. The van der Waals surface area contributed by atoms with Gasteiger partial charge in [0.25, 0.3) is 0 Å². The number of nitrogens with one attached hydrogen (secondary N) is 1. The van der Waals surface area contributed by atoms with Crippen LogP contribution in [0.25, 0.3) is 0 Å². The monoisotopic (exact) mass is 143 g/mol. The Morgan fingerprint density at radius 2 is 2.50 bits per heavy atom. The standard InChI is InChI=1S/C5H9N3O2/c9-2-1-5(10)4-3-6-8-7-4/h3,5,9-10H,1-2H2,(H,6,7,8). The third kappa shape index (κ3) is 1.52. The number of aromatic nitrogens is 3. The van der Waals surface area contributed by atoms with E-state index in [4.69, 9.17) is 10.2 Å². The molecule has 1 heterocycles. The number of aromatic amines is 1. The van der Waals surface area contributed by atoms with Gasteiger partial charge in [-0.05, 0) is 0 Å². The predicted molar refractivity (Wildman–Crippen MR) is 33.0 cm³/mol. The number of hydrogen-bond acceptors (Lipinski definition) is 4. The fourth-order valence-electron chi connectivity index (χ4n) is 0.641. The van der Waals surface area contributed by atoms with Gasteiger partial charge >= 0.3 is 0 Å². The van der Waals surface area contributed by atoms with Crippen molar-refractivity contribution < 1.29 is 10.2 Å². The normalized spacial score (nSPS) is 13.4. The van der Waals surface area contributed by atoms with Gasteiger partial charge in [-0.15, -0.1) is 0 Å². The topological polar surface area (TPSA) is 82.0 Å². The molecular formula is C5H9N3O2. The maximum absolute atomic E-state index is 9.13. The molecule has 0 aromatic carbocycles. The van der Waals surface area contributed by atoms with E-state index in [0.29, 0.717) is 12.1 Å². The average Bonchev–Trinajstić information content (AvgIpc) is 2.38. The molecule has 0 radical (unpaired) electrons. The molecule has 1 rings (SSSR count). The molecular weight excluding hydrogens is 134 g/mol. The molecule has 0 saturated carbocycles. The maximum atomic E-state index is 9.13. The van der Waals surface area contributed by atoms with Gasteiger partial charge in [0.2, 0.25) is 0 Å². The van der Waals surface area contributed by atoms with E-state index in [2.05, 4.69) is 15.4 Å². The number of H-pyrrole nitrogens is 1. The van der Waals surface area contributed by atoms with Crippen LogP contribution in [0, 0.1) is 0 Å². The summed E-state index contributed by atoms with van der Waals surface area (Å²) in [7, 11) is 0. The zero-order valence-electron chi connectivity index (χ0n) is 5.36. The smallest absolute Gasteiger partial charge is 0.111 e. The largest absolute Gasteiger partial charge is 0.396 e. The summed E-state index contributed by atoms with van der Waals surface area (Å²) < 4.78 is 0. The Morgan fingerprint density at radius 3 is 3.00 bits per heavy atom. The summed E-state index contributed by atoms with van der Waals surface area (Å²) in [5.74, 6) is 0. The van der Waals surface area contributed by atoms with Gasteiger partial charge < -0.3 is 10.2 Å². The van der Waals surface area contributed by atoms with Crippen LogP contribution in [-0.2, 0) is 0 Å². The molecule has 10 heavy (non-hydrogen) atoms.